The molecule has 0 aromatic heterocycles. The smallest absolute Gasteiger partial charge is 0.0576 e. The van der Waals surface area contributed by atoms with E-state index in [1.165, 1.54) is 44.9 Å². The van der Waals surface area contributed by atoms with Crippen molar-refractivity contribution in [1.82, 2.24) is 5.32 Å². The first-order valence-corrected chi connectivity index (χ1v) is 7.83. The molecule has 0 saturated carbocycles. The van der Waals surface area contributed by atoms with Crippen molar-refractivity contribution in [2.45, 2.75) is 57.1 Å². The Bertz CT molecular complexity index is 398. The van der Waals surface area contributed by atoms with Crippen molar-refractivity contribution in [3.8, 4) is 0 Å². The van der Waals surface area contributed by atoms with Crippen LogP contribution >= 0.6 is 0 Å². The molecule has 19 heavy (non-hydrogen) atoms. The third-order valence-electron chi connectivity index (χ3n) is 4.51. The molecule has 0 spiro atoms. The molecule has 1 saturated heterocycles. The Hall–Kier alpha value is -0.860. The molecule has 1 aliphatic heterocycles. The molecule has 104 valence electrons. The predicted octanol–water partition coefficient (Wildman–Crippen LogP) is 3.09. The molecule has 1 aromatic carbocycles. The van der Waals surface area contributed by atoms with Crippen molar-refractivity contribution in [1.29, 1.82) is 0 Å². The van der Waals surface area contributed by atoms with Gasteiger partial charge >= 0.3 is 0 Å². The first-order valence-electron chi connectivity index (χ1n) is 7.83. The summed E-state index contributed by atoms with van der Waals surface area (Å²) in [4.78, 5) is 0. The summed E-state index contributed by atoms with van der Waals surface area (Å²) in [5, 5.41) is 3.73. The van der Waals surface area contributed by atoms with Crippen LogP contribution in [0.25, 0.3) is 0 Å². The van der Waals surface area contributed by atoms with Crippen LogP contribution < -0.4 is 5.32 Å². The fraction of sp³-hybridized carbons (Fsp3) is 0.647. The zero-order valence-corrected chi connectivity index (χ0v) is 11.7. The number of fused-ring (bicyclic) bond motifs is 1. The fourth-order valence-electron chi connectivity index (χ4n) is 3.38. The topological polar surface area (TPSA) is 21.3 Å². The van der Waals surface area contributed by atoms with E-state index in [4.69, 9.17) is 4.74 Å². The lowest BCUT2D eigenvalue weighted by Gasteiger charge is -2.25. The molecular weight excluding hydrogens is 234 g/mol. The molecule has 2 unspecified atom stereocenters. The van der Waals surface area contributed by atoms with E-state index in [2.05, 4.69) is 29.6 Å². The average molecular weight is 259 g/mol. The van der Waals surface area contributed by atoms with Crippen LogP contribution in [0, 0.1) is 0 Å². The number of nitrogens with one attached hydrogen (secondary N) is 1. The largest absolute Gasteiger partial charge is 0.378 e. The van der Waals surface area contributed by atoms with Crippen LogP contribution in [0.2, 0.25) is 0 Å². The second-order valence-electron chi connectivity index (χ2n) is 5.94. The Kier molecular flexibility index (Phi) is 4.52. The van der Waals surface area contributed by atoms with Gasteiger partial charge < -0.3 is 10.1 Å². The average Bonchev–Trinajstić information content (AvgIpc) is 2.97. The van der Waals surface area contributed by atoms with E-state index >= 15 is 0 Å². The molecule has 1 fully saturated rings. The van der Waals surface area contributed by atoms with E-state index in [9.17, 15) is 0 Å². The van der Waals surface area contributed by atoms with Crippen LogP contribution in [0.1, 0.15) is 43.2 Å². The van der Waals surface area contributed by atoms with Crippen molar-refractivity contribution < 1.29 is 4.74 Å². The molecule has 2 nitrogen and oxygen atoms in total. The second-order valence-corrected chi connectivity index (χ2v) is 5.94. The molecule has 2 aliphatic rings. The highest BCUT2D eigenvalue weighted by molar-refractivity contribution is 5.30. The minimum atomic E-state index is 0.550. The Morgan fingerprint density at radius 3 is 2.89 bits per heavy atom. The lowest BCUT2D eigenvalue weighted by Crippen LogP contribution is -2.35. The summed E-state index contributed by atoms with van der Waals surface area (Å²) < 4.78 is 5.66. The lowest BCUT2D eigenvalue weighted by molar-refractivity contribution is 0.102. The number of rotatable bonds is 5. The van der Waals surface area contributed by atoms with Gasteiger partial charge in [0, 0.05) is 12.6 Å². The van der Waals surface area contributed by atoms with Crippen LogP contribution in [-0.4, -0.2) is 25.3 Å². The zero-order chi connectivity index (χ0) is 12.9. The number of hydrogen-bond donors (Lipinski definition) is 1. The van der Waals surface area contributed by atoms with Gasteiger partial charge in [-0.05, 0) is 62.6 Å². The molecule has 3 rings (SSSR count). The van der Waals surface area contributed by atoms with Gasteiger partial charge in [0.2, 0.25) is 0 Å². The molecule has 2 atom stereocenters. The van der Waals surface area contributed by atoms with Crippen LogP contribution in [0.3, 0.4) is 0 Å². The van der Waals surface area contributed by atoms with Gasteiger partial charge in [0.05, 0.1) is 6.10 Å². The Morgan fingerprint density at radius 2 is 2.05 bits per heavy atom. The first kappa shape index (κ1) is 13.1. The molecule has 1 aliphatic carbocycles. The van der Waals surface area contributed by atoms with Crippen LogP contribution in [0.5, 0.6) is 0 Å². The summed E-state index contributed by atoms with van der Waals surface area (Å²) in [6, 6.07) is 9.57. The maximum atomic E-state index is 5.66. The molecule has 1 heterocycles. The van der Waals surface area contributed by atoms with Crippen molar-refractivity contribution in [2.24, 2.45) is 0 Å². The van der Waals surface area contributed by atoms with Gasteiger partial charge in [-0.1, -0.05) is 24.3 Å². The van der Waals surface area contributed by atoms with E-state index in [1.807, 2.05) is 0 Å². The molecule has 1 N–H and O–H groups in total. The predicted molar refractivity (Wildman–Crippen MR) is 78.5 cm³/mol. The maximum Gasteiger partial charge on any atom is 0.0576 e. The summed E-state index contributed by atoms with van der Waals surface area (Å²) in [5.41, 5.74) is 3.10. The van der Waals surface area contributed by atoms with Gasteiger partial charge in [-0.25, -0.2) is 0 Å². The SMILES string of the molecule is c1ccc2c(c1)CCC(NCCCC1CCCO1)C2. The van der Waals surface area contributed by atoms with Gasteiger partial charge in [-0.3, -0.25) is 0 Å². The van der Waals surface area contributed by atoms with Gasteiger partial charge in [0.15, 0.2) is 0 Å². The van der Waals surface area contributed by atoms with E-state index in [0.29, 0.717) is 12.1 Å². The Labute approximate surface area is 116 Å². The Balaban J connectivity index is 1.37. The third kappa shape index (κ3) is 3.58. The van der Waals surface area contributed by atoms with Crippen LogP contribution in [-0.2, 0) is 17.6 Å². The minimum Gasteiger partial charge on any atom is -0.378 e. The van der Waals surface area contributed by atoms with E-state index < -0.39 is 0 Å². The standard InChI is InChI=1S/C17H25NO/c1-2-6-15-13-16(10-9-14(15)5-1)18-11-3-7-17-8-4-12-19-17/h1-2,5-6,16-18H,3-4,7-13H2. The first-order chi connectivity index (χ1) is 9.42. The highest BCUT2D eigenvalue weighted by Gasteiger charge is 2.18. The molecular formula is C17H25NO. The molecule has 0 bridgehead atoms. The molecule has 0 radical (unpaired) electrons. The van der Waals surface area contributed by atoms with E-state index in [1.54, 1.807) is 11.1 Å². The third-order valence-corrected chi connectivity index (χ3v) is 4.51. The monoisotopic (exact) mass is 259 g/mol. The van der Waals surface area contributed by atoms with Crippen molar-refractivity contribution in [3.05, 3.63) is 35.4 Å². The summed E-state index contributed by atoms with van der Waals surface area (Å²) in [6.45, 7) is 2.13. The highest BCUT2D eigenvalue weighted by Crippen LogP contribution is 2.21. The number of ether oxygens (including phenoxy) is 1. The summed E-state index contributed by atoms with van der Waals surface area (Å²) in [7, 11) is 0. The second kappa shape index (κ2) is 6.53. The van der Waals surface area contributed by atoms with Crippen molar-refractivity contribution in [2.75, 3.05) is 13.2 Å². The van der Waals surface area contributed by atoms with E-state index in [-0.39, 0.29) is 0 Å². The Morgan fingerprint density at radius 1 is 1.16 bits per heavy atom. The quantitative estimate of drug-likeness (QED) is 0.820. The molecule has 0 amide bonds. The summed E-state index contributed by atoms with van der Waals surface area (Å²) in [5.74, 6) is 0. The number of aryl methyl sites for hydroxylation is 1. The van der Waals surface area contributed by atoms with Crippen LogP contribution in [0.15, 0.2) is 24.3 Å². The fourth-order valence-corrected chi connectivity index (χ4v) is 3.38. The van der Waals surface area contributed by atoms with Crippen molar-refractivity contribution >= 4 is 0 Å². The van der Waals surface area contributed by atoms with Crippen molar-refractivity contribution in [3.63, 3.8) is 0 Å². The molecule has 1 aromatic rings. The summed E-state index contributed by atoms with van der Waals surface area (Å²) >= 11 is 0. The maximum absolute atomic E-state index is 5.66. The lowest BCUT2D eigenvalue weighted by atomic mass is 9.88. The summed E-state index contributed by atoms with van der Waals surface area (Å²) in [6.07, 6.45) is 9.30. The number of benzene rings is 1. The normalized spacial score (nSPS) is 26.3. The van der Waals surface area contributed by atoms with Crippen LogP contribution in [0.4, 0.5) is 0 Å². The molecule has 2 heteroatoms. The van der Waals surface area contributed by atoms with Gasteiger partial charge in [-0.2, -0.15) is 0 Å². The minimum absolute atomic E-state index is 0.550. The van der Waals surface area contributed by atoms with Gasteiger partial charge in [-0.15, -0.1) is 0 Å². The highest BCUT2D eigenvalue weighted by atomic mass is 16.5. The van der Waals surface area contributed by atoms with Gasteiger partial charge in [0.1, 0.15) is 0 Å². The zero-order valence-electron chi connectivity index (χ0n) is 11.7. The van der Waals surface area contributed by atoms with Gasteiger partial charge in [0.25, 0.3) is 0 Å². The number of hydrogen-bond acceptors (Lipinski definition) is 2. The van der Waals surface area contributed by atoms with E-state index in [0.717, 1.165) is 13.2 Å².